The van der Waals surface area contributed by atoms with Gasteiger partial charge in [-0.15, -0.1) is 0 Å². The highest BCUT2D eigenvalue weighted by atomic mass is 79.9. The van der Waals surface area contributed by atoms with Crippen molar-refractivity contribution in [3.8, 4) is 0 Å². The molecule has 0 heterocycles. The van der Waals surface area contributed by atoms with Gasteiger partial charge in [-0.25, -0.2) is 13.6 Å². The lowest BCUT2D eigenvalue weighted by Crippen LogP contribution is -2.57. The number of nitrogens with zero attached hydrogens (tertiary/aromatic N) is 2. The van der Waals surface area contributed by atoms with Crippen LogP contribution in [-0.2, 0) is 33.6 Å². The third-order valence-electron chi connectivity index (χ3n) is 7.63. The number of carbonyl (C=O) groups is 7. The van der Waals surface area contributed by atoms with Crippen molar-refractivity contribution in [1.29, 1.82) is 0 Å². The molecule has 56 heavy (non-hydrogen) atoms. The summed E-state index contributed by atoms with van der Waals surface area (Å²) in [6, 6.07) is -4.72. The van der Waals surface area contributed by atoms with E-state index in [2.05, 4.69) is 54.1 Å². The largest absolute Gasteiger partial charge is 0.480 e. The molecule has 0 bridgehead atoms. The molecule has 0 aromatic rings. The fourth-order valence-electron chi connectivity index (χ4n) is 4.78. The first-order valence-electron chi connectivity index (χ1n) is 18.3. The van der Waals surface area contributed by atoms with Crippen molar-refractivity contribution < 1.29 is 52.6 Å². The summed E-state index contributed by atoms with van der Waals surface area (Å²) in [5.74, 6) is -4.82. The van der Waals surface area contributed by atoms with Crippen LogP contribution in [-0.4, -0.2) is 131 Å². The van der Waals surface area contributed by atoms with E-state index < -0.39 is 89.9 Å². The summed E-state index contributed by atoms with van der Waals surface area (Å²) in [6.07, 6.45) is -0.468. The van der Waals surface area contributed by atoms with Gasteiger partial charge in [-0.1, -0.05) is 71.0 Å². The first-order valence-corrected chi connectivity index (χ1v) is 19.4. The van der Waals surface area contributed by atoms with Crippen LogP contribution >= 0.6 is 15.9 Å². The number of halogens is 3. The second kappa shape index (κ2) is 30.1. The van der Waals surface area contributed by atoms with Gasteiger partial charge in [0.25, 0.3) is 6.43 Å². The number of unbranched alkanes of at least 4 members (excludes halogenated alkanes) is 1. The number of nitrogens with two attached hydrogens (primary N) is 1. The van der Waals surface area contributed by atoms with Gasteiger partial charge in [0.15, 0.2) is 5.78 Å². The third kappa shape index (κ3) is 23.1. The van der Waals surface area contributed by atoms with E-state index in [4.69, 9.17) is 5.73 Å². The number of aliphatic carboxylic acids is 1. The summed E-state index contributed by atoms with van der Waals surface area (Å²) < 4.78 is 21.6. The van der Waals surface area contributed by atoms with Crippen molar-refractivity contribution in [2.24, 2.45) is 22.1 Å². The van der Waals surface area contributed by atoms with E-state index in [0.717, 1.165) is 6.92 Å². The van der Waals surface area contributed by atoms with Gasteiger partial charge in [0.2, 0.25) is 29.5 Å². The number of amidine groups is 1. The molecule has 0 spiro atoms. The maximum Gasteiger partial charge on any atom is 0.326 e. The zero-order valence-corrected chi connectivity index (χ0v) is 35.9. The predicted octanol–water partition coefficient (Wildman–Crippen LogP) is 1.46. The second-order valence-corrected chi connectivity index (χ2v) is 14.2. The molecule has 0 fully saturated rings. The number of ketones is 1. The average Bonchev–Trinajstić information content (AvgIpc) is 3.13. The number of aliphatic imine (C=N–C) groups is 1. The normalized spacial score (nSPS) is 13.8. The van der Waals surface area contributed by atoms with Crippen LogP contribution in [0.2, 0.25) is 0 Å². The number of hydrogen-bond donors (Lipinski definition) is 8. The summed E-state index contributed by atoms with van der Waals surface area (Å²) in [5, 5.41) is 32.4. The summed E-state index contributed by atoms with van der Waals surface area (Å²) in [4.78, 5) is 89.3. The molecule has 17 nitrogen and oxygen atoms in total. The quantitative estimate of drug-likeness (QED) is 0.0334. The SMILES string of the molecule is C=CNC(=NC)C(N(CCC(N)C(=O)NCCCCC(NC(=O)C(C)NC(=O)[C@@H](NC(=O)CBr)C(C)C)C(=O)O)C(=O)CO)C(C)(C)C.CC.CC(=O)C(F)F. The Hall–Kier alpha value is -4.04. The minimum Gasteiger partial charge on any atom is -0.480 e. The Labute approximate surface area is 337 Å². The number of rotatable bonds is 22. The van der Waals surface area contributed by atoms with Crippen molar-refractivity contribution in [2.45, 2.75) is 125 Å². The summed E-state index contributed by atoms with van der Waals surface area (Å²) >= 11 is 3.02. The Balaban J connectivity index is -0.00000318. The highest BCUT2D eigenvalue weighted by Gasteiger charge is 2.37. The van der Waals surface area contributed by atoms with E-state index >= 15 is 0 Å². The van der Waals surface area contributed by atoms with Crippen molar-refractivity contribution in [2.75, 3.05) is 32.1 Å². The lowest BCUT2D eigenvalue weighted by molar-refractivity contribution is -0.142. The number of amides is 5. The van der Waals surface area contributed by atoms with Gasteiger partial charge in [-0.3, -0.25) is 33.8 Å². The van der Waals surface area contributed by atoms with E-state index in [9.17, 15) is 52.6 Å². The van der Waals surface area contributed by atoms with Crippen molar-refractivity contribution in [3.05, 3.63) is 12.8 Å². The van der Waals surface area contributed by atoms with E-state index in [-0.39, 0.29) is 37.2 Å². The maximum absolute atomic E-state index is 12.7. The summed E-state index contributed by atoms with van der Waals surface area (Å²) in [6.45, 7) is 18.6. The van der Waals surface area contributed by atoms with Crippen LogP contribution < -0.4 is 32.3 Å². The molecule has 0 rings (SSSR count). The molecule has 20 heteroatoms. The van der Waals surface area contributed by atoms with Gasteiger partial charge in [0.05, 0.1) is 17.4 Å². The van der Waals surface area contributed by atoms with E-state index in [0.29, 0.717) is 18.7 Å². The van der Waals surface area contributed by atoms with Crippen molar-refractivity contribution in [1.82, 2.24) is 31.5 Å². The number of Topliss-reactive ketones (excluding diaryl/α,β-unsaturated/α-hetero) is 1. The maximum atomic E-state index is 12.7. The van der Waals surface area contributed by atoms with Gasteiger partial charge in [-0.2, -0.15) is 0 Å². The lowest BCUT2D eigenvalue weighted by Gasteiger charge is -2.40. The van der Waals surface area contributed by atoms with E-state index in [1.807, 2.05) is 34.6 Å². The van der Waals surface area contributed by atoms with Gasteiger partial charge in [-0.05, 0) is 50.1 Å². The van der Waals surface area contributed by atoms with Gasteiger partial charge >= 0.3 is 5.97 Å². The van der Waals surface area contributed by atoms with Crippen LogP contribution in [0.15, 0.2) is 17.8 Å². The number of carbonyl (C=O) groups excluding carboxylic acids is 6. The highest BCUT2D eigenvalue weighted by Crippen LogP contribution is 2.26. The van der Waals surface area contributed by atoms with E-state index in [1.54, 1.807) is 20.9 Å². The Morgan fingerprint density at radius 2 is 1.50 bits per heavy atom. The van der Waals surface area contributed by atoms with Gasteiger partial charge < -0.3 is 47.4 Å². The molecule has 0 aliphatic rings. The third-order valence-corrected chi connectivity index (χ3v) is 8.14. The molecule has 0 saturated carbocycles. The first kappa shape index (κ1) is 56.3. The molecular formula is C36H65BrF2N8O9. The molecule has 0 aromatic heterocycles. The van der Waals surface area contributed by atoms with Crippen molar-refractivity contribution >= 4 is 63.1 Å². The molecule has 0 saturated heterocycles. The Morgan fingerprint density at radius 3 is 1.91 bits per heavy atom. The standard InChI is InChI=1S/C31H55BrN8O8.C3H4F2O.C2H6/c1-9-35-26(34-8)25(31(5,6)7)40(23(43)17-41)15-13-20(33)28(45)36-14-11-10-12-21(30(47)48)38-27(44)19(4)37-29(46)24(18(2)3)39-22(42)16-32;1-2(6)3(4)5;1-2/h9,18-21,24-25,41H,1,10-17,33H2,2-8H3,(H,34,35)(H,36,45)(H,37,46)(H,38,44)(H,39,42)(H,47,48);3H,1H3;1-2H3/t19?,20?,21?,24-,25?;;/m0../s1. The van der Waals surface area contributed by atoms with Crippen LogP contribution in [0.5, 0.6) is 0 Å². The number of hydrogen-bond acceptors (Lipinski definition) is 10. The molecule has 9 N–H and O–H groups in total. The fourth-order valence-corrected chi connectivity index (χ4v) is 4.94. The predicted molar refractivity (Wildman–Crippen MR) is 214 cm³/mol. The Bertz CT molecular complexity index is 1300. The number of carboxylic acid groups (broad SMARTS) is 1. The van der Waals surface area contributed by atoms with Crippen LogP contribution in [0, 0.1) is 11.3 Å². The molecule has 0 radical (unpaired) electrons. The number of nitrogens with one attached hydrogen (secondary N) is 5. The summed E-state index contributed by atoms with van der Waals surface area (Å²) in [5.41, 5.74) is 5.62. The first-order chi connectivity index (χ1) is 26.0. The molecule has 0 aliphatic carbocycles. The number of aliphatic hydroxyl groups excluding tert-OH is 1. The highest BCUT2D eigenvalue weighted by molar-refractivity contribution is 9.09. The summed E-state index contributed by atoms with van der Waals surface area (Å²) in [7, 11) is 1.57. The van der Waals surface area contributed by atoms with E-state index in [1.165, 1.54) is 18.0 Å². The Morgan fingerprint density at radius 1 is 0.946 bits per heavy atom. The Kier molecular flexibility index (Phi) is 30.3. The number of alkyl halides is 3. The molecule has 5 amide bonds. The smallest absolute Gasteiger partial charge is 0.326 e. The monoisotopic (exact) mass is 870 g/mol. The number of carboxylic acids is 1. The van der Waals surface area contributed by atoms with Crippen LogP contribution in [0.1, 0.15) is 88.0 Å². The van der Waals surface area contributed by atoms with Crippen LogP contribution in [0.4, 0.5) is 8.78 Å². The average molecular weight is 872 g/mol. The van der Waals surface area contributed by atoms with Gasteiger partial charge in [0, 0.05) is 27.1 Å². The second-order valence-electron chi connectivity index (χ2n) is 13.6. The number of aliphatic hydroxyl groups is 1. The molecule has 0 aromatic carbocycles. The molecule has 5 atom stereocenters. The fraction of sp³-hybridized carbons (Fsp3) is 0.722. The molecular weight excluding hydrogens is 806 g/mol. The van der Waals surface area contributed by atoms with Crippen LogP contribution in [0.25, 0.3) is 0 Å². The molecule has 4 unspecified atom stereocenters. The minimum absolute atomic E-state index is 0.00537. The minimum atomic E-state index is -2.79. The zero-order chi connectivity index (χ0) is 44.3. The van der Waals surface area contributed by atoms with Crippen LogP contribution in [0.3, 0.4) is 0 Å². The van der Waals surface area contributed by atoms with Gasteiger partial charge in [0.1, 0.15) is 30.6 Å². The van der Waals surface area contributed by atoms with Crippen molar-refractivity contribution in [3.63, 3.8) is 0 Å². The lowest BCUT2D eigenvalue weighted by atomic mass is 9.84. The zero-order valence-electron chi connectivity index (χ0n) is 34.3. The molecule has 324 valence electrons. The molecule has 0 aliphatic heterocycles. The topological polar surface area (TPSA) is 262 Å².